The second-order valence-electron chi connectivity index (χ2n) is 9.47. The largest absolute Gasteiger partial charge is 0.497 e. The predicted molar refractivity (Wildman–Crippen MR) is 155 cm³/mol. The summed E-state index contributed by atoms with van der Waals surface area (Å²) in [7, 11) is 3.34. The molecule has 6 rings (SSSR count). The van der Waals surface area contributed by atoms with Gasteiger partial charge in [0, 0.05) is 43.4 Å². The molecule has 3 heterocycles. The first-order valence-electron chi connectivity index (χ1n) is 13.8. The Hall–Kier alpha value is -3.71. The molecule has 0 radical (unpaired) electrons. The molecule has 1 fully saturated rings. The number of imidazole rings is 1. The van der Waals surface area contributed by atoms with E-state index in [0.717, 1.165) is 64.9 Å². The maximum absolute atomic E-state index is 13.4. The second-order valence-corrected chi connectivity index (χ2v) is 9.47. The fourth-order valence-corrected chi connectivity index (χ4v) is 4.73. The number of hydrogen-bond acceptors (Lipinski definition) is 5. The molecule has 1 saturated carbocycles. The van der Waals surface area contributed by atoms with Gasteiger partial charge in [-0.05, 0) is 79.8 Å². The number of rotatable bonds is 7. The summed E-state index contributed by atoms with van der Waals surface area (Å²) in [5, 5.41) is 3.52. The number of nitrogens with zero attached hydrogens (tertiary/aromatic N) is 3. The van der Waals surface area contributed by atoms with Gasteiger partial charge in [0.25, 0.3) is 0 Å². The first-order chi connectivity index (χ1) is 19.1. The number of nitrogens with one attached hydrogen (secondary N) is 1. The SMILES string of the molecule is CC.COCc1ccc(OC)cc1.Fc1ccc(-c2nc3n(c2-c2ccnc(NC4CCC4)c2)CCC3)cc1. The van der Waals surface area contributed by atoms with Gasteiger partial charge in [0.05, 0.1) is 25.1 Å². The summed E-state index contributed by atoms with van der Waals surface area (Å²) >= 11 is 0. The van der Waals surface area contributed by atoms with Gasteiger partial charge in [0.2, 0.25) is 0 Å². The highest BCUT2D eigenvalue weighted by Crippen LogP contribution is 2.36. The van der Waals surface area contributed by atoms with E-state index < -0.39 is 0 Å². The van der Waals surface area contributed by atoms with Gasteiger partial charge in [-0.25, -0.2) is 14.4 Å². The molecule has 39 heavy (non-hydrogen) atoms. The maximum Gasteiger partial charge on any atom is 0.126 e. The fraction of sp³-hybridized carbons (Fsp3) is 0.375. The minimum absolute atomic E-state index is 0.224. The van der Waals surface area contributed by atoms with Crippen molar-refractivity contribution in [1.29, 1.82) is 0 Å². The van der Waals surface area contributed by atoms with Crippen LogP contribution in [0.4, 0.5) is 10.2 Å². The van der Waals surface area contributed by atoms with E-state index in [2.05, 4.69) is 20.9 Å². The van der Waals surface area contributed by atoms with Crippen molar-refractivity contribution in [3.05, 3.63) is 84.1 Å². The van der Waals surface area contributed by atoms with Crippen molar-refractivity contribution < 1.29 is 13.9 Å². The Morgan fingerprint density at radius 1 is 0.949 bits per heavy atom. The van der Waals surface area contributed by atoms with Crippen molar-refractivity contribution in [2.45, 2.75) is 65.1 Å². The van der Waals surface area contributed by atoms with Crippen molar-refractivity contribution in [3.8, 4) is 28.3 Å². The number of pyridine rings is 1. The summed E-state index contributed by atoms with van der Waals surface area (Å²) in [6, 6.07) is 19.2. The number of halogens is 1. The molecule has 2 aliphatic rings. The average molecular weight is 531 g/mol. The molecule has 2 aromatic carbocycles. The third kappa shape index (κ3) is 7.03. The smallest absolute Gasteiger partial charge is 0.126 e. The van der Waals surface area contributed by atoms with Crippen LogP contribution < -0.4 is 10.1 Å². The van der Waals surface area contributed by atoms with E-state index in [4.69, 9.17) is 14.5 Å². The van der Waals surface area contributed by atoms with Crippen LogP contribution in [0, 0.1) is 5.82 Å². The molecule has 1 aliphatic heterocycles. The van der Waals surface area contributed by atoms with Crippen molar-refractivity contribution in [3.63, 3.8) is 0 Å². The van der Waals surface area contributed by atoms with Crippen LogP contribution in [0.2, 0.25) is 0 Å². The molecule has 4 aromatic rings. The average Bonchev–Trinajstić information content (AvgIpc) is 3.55. The Balaban J connectivity index is 0.000000229. The van der Waals surface area contributed by atoms with Gasteiger partial charge < -0.3 is 19.4 Å². The van der Waals surface area contributed by atoms with Gasteiger partial charge in [0.1, 0.15) is 23.2 Å². The normalized spacial score (nSPS) is 13.8. The summed E-state index contributed by atoms with van der Waals surface area (Å²) in [6.45, 7) is 5.64. The minimum atomic E-state index is -0.224. The van der Waals surface area contributed by atoms with Crippen LogP contribution in [0.5, 0.6) is 5.75 Å². The third-order valence-electron chi connectivity index (χ3n) is 6.91. The summed E-state index contributed by atoms with van der Waals surface area (Å²) in [5.41, 5.74) is 5.27. The highest BCUT2D eigenvalue weighted by Gasteiger charge is 2.24. The molecular formula is C32H39FN4O2. The van der Waals surface area contributed by atoms with E-state index in [1.807, 2.05) is 62.5 Å². The Morgan fingerprint density at radius 2 is 1.69 bits per heavy atom. The molecule has 1 aliphatic carbocycles. The third-order valence-corrected chi connectivity index (χ3v) is 6.91. The zero-order valence-electron chi connectivity index (χ0n) is 23.4. The van der Waals surface area contributed by atoms with Gasteiger partial charge in [-0.2, -0.15) is 0 Å². The van der Waals surface area contributed by atoms with Crippen molar-refractivity contribution >= 4 is 5.82 Å². The summed E-state index contributed by atoms with van der Waals surface area (Å²) in [5.74, 6) is 2.69. The highest BCUT2D eigenvalue weighted by atomic mass is 19.1. The first kappa shape index (κ1) is 28.3. The highest BCUT2D eigenvalue weighted by molar-refractivity contribution is 5.80. The van der Waals surface area contributed by atoms with Crippen LogP contribution in [0.25, 0.3) is 22.5 Å². The van der Waals surface area contributed by atoms with Crippen LogP contribution in [0.1, 0.15) is 50.9 Å². The van der Waals surface area contributed by atoms with Crippen molar-refractivity contribution in [2.75, 3.05) is 19.5 Å². The second kappa shape index (κ2) is 13.9. The van der Waals surface area contributed by atoms with Crippen LogP contribution >= 0.6 is 0 Å². The van der Waals surface area contributed by atoms with E-state index in [0.29, 0.717) is 12.6 Å². The van der Waals surface area contributed by atoms with E-state index in [9.17, 15) is 4.39 Å². The molecule has 0 bridgehead atoms. The molecule has 0 atom stereocenters. The lowest BCUT2D eigenvalue weighted by Crippen LogP contribution is -2.27. The number of aryl methyl sites for hydroxylation is 1. The molecule has 7 heteroatoms. The monoisotopic (exact) mass is 530 g/mol. The van der Waals surface area contributed by atoms with Crippen molar-refractivity contribution in [1.82, 2.24) is 14.5 Å². The van der Waals surface area contributed by atoms with E-state index in [1.165, 1.54) is 31.4 Å². The number of fused-ring (bicyclic) bond motifs is 1. The van der Waals surface area contributed by atoms with Crippen LogP contribution in [-0.4, -0.2) is 34.8 Å². The summed E-state index contributed by atoms with van der Waals surface area (Å²) in [4.78, 5) is 9.37. The molecule has 6 nitrogen and oxygen atoms in total. The van der Waals surface area contributed by atoms with E-state index >= 15 is 0 Å². The molecule has 0 saturated heterocycles. The molecule has 2 aromatic heterocycles. The van der Waals surface area contributed by atoms with Gasteiger partial charge >= 0.3 is 0 Å². The number of ether oxygens (including phenoxy) is 2. The van der Waals surface area contributed by atoms with Crippen LogP contribution in [-0.2, 0) is 24.3 Å². The zero-order chi connectivity index (χ0) is 27.6. The number of hydrogen-bond donors (Lipinski definition) is 1. The quantitative estimate of drug-likeness (QED) is 0.268. The Labute approximate surface area is 231 Å². The molecule has 0 unspecified atom stereocenters. The summed E-state index contributed by atoms with van der Waals surface area (Å²) in [6.07, 6.45) is 7.70. The topological polar surface area (TPSA) is 61.2 Å². The van der Waals surface area contributed by atoms with Crippen molar-refractivity contribution in [2.24, 2.45) is 0 Å². The van der Waals surface area contributed by atoms with Gasteiger partial charge in [0.15, 0.2) is 0 Å². The van der Waals surface area contributed by atoms with Gasteiger partial charge in [-0.3, -0.25) is 0 Å². The van der Waals surface area contributed by atoms with Crippen LogP contribution in [0.15, 0.2) is 66.9 Å². The maximum atomic E-state index is 13.4. The standard InChI is InChI=1S/C21H21FN4.C9H12O2.C2H6/c22-16-8-6-14(7-9-16)20-21(26-12-2-5-19(26)25-20)15-10-11-23-18(13-15)24-17-3-1-4-17;1-10-7-8-3-5-9(11-2)6-4-8;1-2/h6-11,13,17H,1-5,12H2,(H,23,24);3-6H,7H2,1-2H3;1-2H3. The molecule has 206 valence electrons. The Kier molecular flexibility index (Phi) is 10.1. The minimum Gasteiger partial charge on any atom is -0.497 e. The Bertz CT molecular complexity index is 1320. The lowest BCUT2D eigenvalue weighted by molar-refractivity contribution is 0.185. The van der Waals surface area contributed by atoms with Crippen LogP contribution in [0.3, 0.4) is 0 Å². The van der Waals surface area contributed by atoms with Gasteiger partial charge in [-0.1, -0.05) is 26.0 Å². The zero-order valence-corrected chi connectivity index (χ0v) is 23.4. The number of benzene rings is 2. The molecule has 0 spiro atoms. The fourth-order valence-electron chi connectivity index (χ4n) is 4.73. The molecule has 0 amide bonds. The lowest BCUT2D eigenvalue weighted by Gasteiger charge is -2.27. The Morgan fingerprint density at radius 3 is 2.33 bits per heavy atom. The molecule has 1 N–H and O–H groups in total. The lowest BCUT2D eigenvalue weighted by atomic mass is 9.93. The number of aromatic nitrogens is 3. The van der Waals surface area contributed by atoms with E-state index in [-0.39, 0.29) is 5.82 Å². The number of anilines is 1. The summed E-state index contributed by atoms with van der Waals surface area (Å²) < 4.78 is 25.6. The predicted octanol–water partition coefficient (Wildman–Crippen LogP) is 7.53. The van der Waals surface area contributed by atoms with E-state index in [1.54, 1.807) is 14.2 Å². The molecular weight excluding hydrogens is 491 g/mol. The first-order valence-corrected chi connectivity index (χ1v) is 13.8. The van der Waals surface area contributed by atoms with Gasteiger partial charge in [-0.15, -0.1) is 0 Å². The number of methoxy groups -OCH3 is 2.